The molecule has 1 N–H and O–H groups in total. The molecule has 1 unspecified atom stereocenters. The Morgan fingerprint density at radius 1 is 0.952 bits per heavy atom. The maximum absolute atomic E-state index is 3.72. The van der Waals surface area contributed by atoms with Crippen LogP contribution < -0.4 is 5.32 Å². The minimum atomic E-state index is 0.205. The first kappa shape index (κ1) is 20.9. The van der Waals surface area contributed by atoms with Gasteiger partial charge < -0.3 is 15.1 Å². The van der Waals surface area contributed by atoms with E-state index in [1.54, 1.807) is 0 Å². The molecular formula is C18H41N3. The molecule has 0 aliphatic carbocycles. The molecule has 0 bridgehead atoms. The van der Waals surface area contributed by atoms with Gasteiger partial charge in [0, 0.05) is 18.6 Å². The summed E-state index contributed by atoms with van der Waals surface area (Å²) in [4.78, 5) is 4.91. The number of nitrogens with zero attached hydrogens (tertiary/aromatic N) is 2. The van der Waals surface area contributed by atoms with Crippen LogP contribution in [0.4, 0.5) is 0 Å². The van der Waals surface area contributed by atoms with Crippen molar-refractivity contribution < 1.29 is 0 Å². The summed E-state index contributed by atoms with van der Waals surface area (Å²) in [5, 5.41) is 3.72. The van der Waals surface area contributed by atoms with E-state index in [0.29, 0.717) is 5.41 Å². The van der Waals surface area contributed by atoms with Crippen molar-refractivity contribution in [1.29, 1.82) is 0 Å². The molecule has 0 rings (SSSR count). The van der Waals surface area contributed by atoms with Gasteiger partial charge in [-0.05, 0) is 72.8 Å². The lowest BCUT2D eigenvalue weighted by Gasteiger charge is -2.38. The third-order valence-electron chi connectivity index (χ3n) is 4.03. The molecule has 0 aliphatic rings. The Hall–Kier alpha value is -0.120. The van der Waals surface area contributed by atoms with Crippen molar-refractivity contribution in [3.63, 3.8) is 0 Å². The molecule has 0 heterocycles. The molecule has 128 valence electrons. The molecule has 0 aromatic heterocycles. The van der Waals surface area contributed by atoms with Gasteiger partial charge in [-0.25, -0.2) is 0 Å². The molecular weight excluding hydrogens is 258 g/mol. The molecule has 0 saturated heterocycles. The van der Waals surface area contributed by atoms with Crippen LogP contribution in [0.5, 0.6) is 0 Å². The van der Waals surface area contributed by atoms with Crippen molar-refractivity contribution in [2.75, 3.05) is 46.8 Å². The summed E-state index contributed by atoms with van der Waals surface area (Å²) in [6, 6.07) is 0. The molecule has 0 aromatic carbocycles. The summed E-state index contributed by atoms with van der Waals surface area (Å²) in [6.45, 7) is 19.7. The zero-order chi connectivity index (χ0) is 16.5. The summed E-state index contributed by atoms with van der Waals surface area (Å²) in [5.74, 6) is 0. The molecule has 0 saturated carbocycles. The minimum absolute atomic E-state index is 0.205. The Morgan fingerprint density at radius 3 is 2.00 bits per heavy atom. The number of rotatable bonds is 11. The molecule has 0 spiro atoms. The summed E-state index contributed by atoms with van der Waals surface area (Å²) < 4.78 is 0. The molecule has 1 atom stereocenters. The fraction of sp³-hybridized carbons (Fsp3) is 1.00. The van der Waals surface area contributed by atoms with Crippen LogP contribution in [-0.2, 0) is 0 Å². The summed E-state index contributed by atoms with van der Waals surface area (Å²) >= 11 is 0. The van der Waals surface area contributed by atoms with E-state index in [4.69, 9.17) is 0 Å². The maximum Gasteiger partial charge on any atom is 0.00967 e. The lowest BCUT2D eigenvalue weighted by Crippen LogP contribution is -2.47. The second-order valence-corrected chi connectivity index (χ2v) is 8.19. The van der Waals surface area contributed by atoms with Crippen molar-refractivity contribution in [2.24, 2.45) is 5.41 Å². The van der Waals surface area contributed by atoms with Gasteiger partial charge in [0.1, 0.15) is 0 Å². The third-order valence-corrected chi connectivity index (χ3v) is 4.03. The van der Waals surface area contributed by atoms with Crippen LogP contribution in [0.15, 0.2) is 0 Å². The maximum atomic E-state index is 3.72. The predicted molar refractivity (Wildman–Crippen MR) is 96.1 cm³/mol. The average molecular weight is 300 g/mol. The molecule has 0 aromatic rings. The average Bonchev–Trinajstić information content (AvgIpc) is 2.34. The highest BCUT2D eigenvalue weighted by atomic mass is 15.1. The van der Waals surface area contributed by atoms with Crippen molar-refractivity contribution in [1.82, 2.24) is 15.1 Å². The molecule has 0 aliphatic heterocycles. The van der Waals surface area contributed by atoms with E-state index in [1.165, 1.54) is 38.9 Å². The molecule has 0 fully saturated rings. The van der Waals surface area contributed by atoms with Gasteiger partial charge in [0.25, 0.3) is 0 Å². The highest BCUT2D eigenvalue weighted by molar-refractivity contribution is 4.84. The van der Waals surface area contributed by atoms with Crippen LogP contribution in [0.2, 0.25) is 0 Å². The van der Waals surface area contributed by atoms with E-state index >= 15 is 0 Å². The Balaban J connectivity index is 4.47. The summed E-state index contributed by atoms with van der Waals surface area (Å²) in [6.07, 6.45) is 3.81. The minimum Gasteiger partial charge on any atom is -0.311 e. The van der Waals surface area contributed by atoms with Gasteiger partial charge in [0.2, 0.25) is 0 Å². The van der Waals surface area contributed by atoms with Crippen LogP contribution >= 0.6 is 0 Å². The monoisotopic (exact) mass is 299 g/mol. The van der Waals surface area contributed by atoms with Crippen LogP contribution in [-0.4, -0.2) is 62.2 Å². The van der Waals surface area contributed by atoms with Crippen LogP contribution in [0.3, 0.4) is 0 Å². The Morgan fingerprint density at radius 2 is 1.57 bits per heavy atom. The van der Waals surface area contributed by atoms with Gasteiger partial charge >= 0.3 is 0 Å². The lowest BCUT2D eigenvalue weighted by molar-refractivity contribution is 0.141. The third kappa shape index (κ3) is 11.1. The van der Waals surface area contributed by atoms with E-state index in [1.807, 2.05) is 0 Å². The largest absolute Gasteiger partial charge is 0.311 e. The summed E-state index contributed by atoms with van der Waals surface area (Å²) in [5.41, 5.74) is 0.577. The Kier molecular flexibility index (Phi) is 9.75. The summed E-state index contributed by atoms with van der Waals surface area (Å²) in [7, 11) is 4.31. The first-order chi connectivity index (χ1) is 9.62. The van der Waals surface area contributed by atoms with Crippen LogP contribution in [0.1, 0.15) is 60.8 Å². The normalized spacial score (nSPS) is 15.7. The molecule has 0 amide bonds. The van der Waals surface area contributed by atoms with E-state index in [0.717, 1.165) is 13.1 Å². The molecule has 3 heteroatoms. The Bertz CT molecular complexity index is 258. The van der Waals surface area contributed by atoms with Crippen molar-refractivity contribution in [2.45, 2.75) is 66.3 Å². The van der Waals surface area contributed by atoms with E-state index in [9.17, 15) is 0 Å². The fourth-order valence-electron chi connectivity index (χ4n) is 2.80. The SMILES string of the molecule is CCCC(C)(CNC(C)(C)C)CN(CC)CCCN(C)C. The topological polar surface area (TPSA) is 18.5 Å². The van der Waals surface area contributed by atoms with Gasteiger partial charge in [-0.2, -0.15) is 0 Å². The standard InChI is InChI=1S/C18H41N3/c1-9-12-18(6,15-19-17(3,4)5)16-21(10-2)14-11-13-20(7)8/h19H,9-16H2,1-8H3. The highest BCUT2D eigenvalue weighted by Crippen LogP contribution is 2.25. The van der Waals surface area contributed by atoms with Gasteiger partial charge in [-0.15, -0.1) is 0 Å². The smallest absolute Gasteiger partial charge is 0.00967 e. The first-order valence-electron chi connectivity index (χ1n) is 8.74. The zero-order valence-corrected chi connectivity index (χ0v) is 16.1. The zero-order valence-electron chi connectivity index (χ0n) is 16.1. The number of hydrogen-bond donors (Lipinski definition) is 1. The second-order valence-electron chi connectivity index (χ2n) is 8.19. The van der Waals surface area contributed by atoms with Crippen molar-refractivity contribution in [3.05, 3.63) is 0 Å². The lowest BCUT2D eigenvalue weighted by atomic mass is 9.84. The van der Waals surface area contributed by atoms with Gasteiger partial charge in [-0.3, -0.25) is 0 Å². The van der Waals surface area contributed by atoms with E-state index < -0.39 is 0 Å². The highest BCUT2D eigenvalue weighted by Gasteiger charge is 2.27. The molecule has 21 heavy (non-hydrogen) atoms. The first-order valence-corrected chi connectivity index (χ1v) is 8.74. The quantitative estimate of drug-likeness (QED) is 0.630. The fourth-order valence-corrected chi connectivity index (χ4v) is 2.80. The Labute approximate surface area is 134 Å². The second kappa shape index (κ2) is 9.81. The van der Waals surface area contributed by atoms with Gasteiger partial charge in [0.05, 0.1) is 0 Å². The van der Waals surface area contributed by atoms with Crippen LogP contribution in [0.25, 0.3) is 0 Å². The van der Waals surface area contributed by atoms with Gasteiger partial charge in [-0.1, -0.05) is 27.2 Å². The van der Waals surface area contributed by atoms with Crippen LogP contribution in [0, 0.1) is 5.41 Å². The van der Waals surface area contributed by atoms with Crippen molar-refractivity contribution in [3.8, 4) is 0 Å². The van der Waals surface area contributed by atoms with E-state index in [-0.39, 0.29) is 5.54 Å². The molecule has 3 nitrogen and oxygen atoms in total. The van der Waals surface area contributed by atoms with E-state index in [2.05, 4.69) is 70.8 Å². The van der Waals surface area contributed by atoms with Crippen molar-refractivity contribution >= 4 is 0 Å². The number of hydrogen-bond acceptors (Lipinski definition) is 3. The van der Waals surface area contributed by atoms with Gasteiger partial charge in [0.15, 0.2) is 0 Å². The molecule has 0 radical (unpaired) electrons. The number of nitrogens with one attached hydrogen (secondary N) is 1. The predicted octanol–water partition coefficient (Wildman–Crippen LogP) is 3.45.